The number of aryl methyl sites for hydroxylation is 1. The van der Waals surface area contributed by atoms with Gasteiger partial charge in [-0.1, -0.05) is 6.92 Å². The molecule has 18 heavy (non-hydrogen) atoms. The molecule has 0 radical (unpaired) electrons. The van der Waals surface area contributed by atoms with Crippen molar-refractivity contribution in [3.63, 3.8) is 0 Å². The minimum Gasteiger partial charge on any atom is -0.305 e. The van der Waals surface area contributed by atoms with Crippen LogP contribution in [-0.2, 0) is 6.54 Å². The fraction of sp³-hybridized carbons (Fsp3) is 0.385. The predicted molar refractivity (Wildman–Crippen MR) is 67.6 cm³/mol. The molecule has 0 aliphatic heterocycles. The van der Waals surface area contributed by atoms with Gasteiger partial charge < -0.3 is 5.32 Å². The maximum absolute atomic E-state index is 13.9. The molecule has 5 heteroatoms. The van der Waals surface area contributed by atoms with Crippen molar-refractivity contribution in [3.8, 4) is 0 Å². The molecule has 1 atom stereocenters. The standard InChI is InChI=1S/C13H17FN4/c1-3-16-13(10-5-7-15-9-11(10)14)12-6-8-17-18(12)4-2/h5-9,13,16H,3-4H2,1-2H3. The molecule has 96 valence electrons. The number of rotatable bonds is 5. The van der Waals surface area contributed by atoms with E-state index in [-0.39, 0.29) is 11.9 Å². The Balaban J connectivity index is 2.43. The molecule has 0 spiro atoms. The second-order valence-electron chi connectivity index (χ2n) is 3.96. The Labute approximate surface area is 106 Å². The molecule has 0 amide bonds. The highest BCUT2D eigenvalue weighted by Crippen LogP contribution is 2.23. The lowest BCUT2D eigenvalue weighted by Crippen LogP contribution is -2.25. The van der Waals surface area contributed by atoms with Crippen molar-refractivity contribution in [2.75, 3.05) is 6.54 Å². The monoisotopic (exact) mass is 248 g/mol. The third kappa shape index (κ3) is 2.41. The lowest BCUT2D eigenvalue weighted by atomic mass is 10.0. The first-order valence-electron chi connectivity index (χ1n) is 6.12. The molecular formula is C13H17FN4. The summed E-state index contributed by atoms with van der Waals surface area (Å²) >= 11 is 0. The van der Waals surface area contributed by atoms with Gasteiger partial charge in [0.05, 0.1) is 17.9 Å². The Kier molecular flexibility index (Phi) is 4.04. The second-order valence-corrected chi connectivity index (χ2v) is 3.96. The first kappa shape index (κ1) is 12.7. The summed E-state index contributed by atoms with van der Waals surface area (Å²) in [6.07, 6.45) is 4.59. The Morgan fingerprint density at radius 1 is 1.33 bits per heavy atom. The summed E-state index contributed by atoms with van der Waals surface area (Å²) in [5.41, 5.74) is 1.56. The number of aromatic nitrogens is 3. The highest BCUT2D eigenvalue weighted by molar-refractivity contribution is 5.27. The van der Waals surface area contributed by atoms with E-state index in [0.29, 0.717) is 5.56 Å². The van der Waals surface area contributed by atoms with Crippen LogP contribution < -0.4 is 5.32 Å². The van der Waals surface area contributed by atoms with Crippen LogP contribution in [-0.4, -0.2) is 21.3 Å². The van der Waals surface area contributed by atoms with E-state index in [1.807, 2.05) is 24.6 Å². The van der Waals surface area contributed by atoms with Crippen molar-refractivity contribution in [1.82, 2.24) is 20.1 Å². The molecule has 0 saturated carbocycles. The van der Waals surface area contributed by atoms with Gasteiger partial charge in [-0.25, -0.2) is 4.39 Å². The zero-order valence-corrected chi connectivity index (χ0v) is 10.6. The fourth-order valence-electron chi connectivity index (χ4n) is 2.05. The molecule has 0 fully saturated rings. The first-order valence-corrected chi connectivity index (χ1v) is 6.12. The van der Waals surface area contributed by atoms with E-state index in [4.69, 9.17) is 0 Å². The van der Waals surface area contributed by atoms with Crippen molar-refractivity contribution in [2.24, 2.45) is 0 Å². The van der Waals surface area contributed by atoms with Crippen LogP contribution in [0, 0.1) is 5.82 Å². The van der Waals surface area contributed by atoms with Crippen molar-refractivity contribution in [2.45, 2.75) is 26.4 Å². The Hall–Kier alpha value is -1.75. The van der Waals surface area contributed by atoms with Crippen LogP contribution in [0.1, 0.15) is 31.1 Å². The van der Waals surface area contributed by atoms with Crippen LogP contribution in [0.15, 0.2) is 30.7 Å². The molecule has 2 heterocycles. The van der Waals surface area contributed by atoms with Gasteiger partial charge in [0.25, 0.3) is 0 Å². The minimum atomic E-state index is -0.299. The first-order chi connectivity index (χ1) is 8.77. The number of hydrogen-bond acceptors (Lipinski definition) is 3. The average molecular weight is 248 g/mol. The minimum absolute atomic E-state index is 0.194. The largest absolute Gasteiger partial charge is 0.305 e. The summed E-state index contributed by atoms with van der Waals surface area (Å²) in [7, 11) is 0. The second kappa shape index (κ2) is 5.73. The highest BCUT2D eigenvalue weighted by atomic mass is 19.1. The Morgan fingerprint density at radius 2 is 2.17 bits per heavy atom. The highest BCUT2D eigenvalue weighted by Gasteiger charge is 2.20. The van der Waals surface area contributed by atoms with Gasteiger partial charge in [-0.2, -0.15) is 5.10 Å². The van der Waals surface area contributed by atoms with E-state index in [1.54, 1.807) is 18.5 Å². The smallest absolute Gasteiger partial charge is 0.146 e. The third-order valence-electron chi connectivity index (χ3n) is 2.87. The molecule has 2 rings (SSSR count). The average Bonchev–Trinajstić information content (AvgIpc) is 2.85. The zero-order chi connectivity index (χ0) is 13.0. The maximum Gasteiger partial charge on any atom is 0.146 e. The van der Waals surface area contributed by atoms with E-state index in [9.17, 15) is 4.39 Å². The van der Waals surface area contributed by atoms with Gasteiger partial charge in [-0.3, -0.25) is 9.67 Å². The van der Waals surface area contributed by atoms with Gasteiger partial charge in [-0.05, 0) is 25.6 Å². The number of hydrogen-bond donors (Lipinski definition) is 1. The number of halogens is 1. The van der Waals surface area contributed by atoms with Crippen molar-refractivity contribution in [1.29, 1.82) is 0 Å². The van der Waals surface area contributed by atoms with Gasteiger partial charge in [-0.15, -0.1) is 0 Å². The third-order valence-corrected chi connectivity index (χ3v) is 2.87. The molecule has 1 unspecified atom stereocenters. The van der Waals surface area contributed by atoms with Crippen molar-refractivity contribution < 1.29 is 4.39 Å². The van der Waals surface area contributed by atoms with Gasteiger partial charge in [0.2, 0.25) is 0 Å². The van der Waals surface area contributed by atoms with Crippen LogP contribution in [0.25, 0.3) is 0 Å². The molecule has 1 N–H and O–H groups in total. The summed E-state index contributed by atoms with van der Waals surface area (Å²) in [5.74, 6) is -0.299. The van der Waals surface area contributed by atoms with E-state index in [0.717, 1.165) is 18.8 Å². The zero-order valence-electron chi connectivity index (χ0n) is 10.6. The van der Waals surface area contributed by atoms with E-state index in [2.05, 4.69) is 15.4 Å². The van der Waals surface area contributed by atoms with E-state index in [1.165, 1.54) is 6.20 Å². The summed E-state index contributed by atoms with van der Waals surface area (Å²) in [6, 6.07) is 3.42. The molecule has 0 bridgehead atoms. The summed E-state index contributed by atoms with van der Waals surface area (Å²) in [4.78, 5) is 3.79. The summed E-state index contributed by atoms with van der Waals surface area (Å²) < 4.78 is 15.7. The SMILES string of the molecule is CCNC(c1ccncc1F)c1ccnn1CC. The molecule has 2 aromatic rings. The van der Waals surface area contributed by atoms with Crippen LogP contribution in [0.4, 0.5) is 4.39 Å². The van der Waals surface area contributed by atoms with E-state index < -0.39 is 0 Å². The van der Waals surface area contributed by atoms with Gasteiger partial charge in [0.1, 0.15) is 5.82 Å². The molecule has 4 nitrogen and oxygen atoms in total. The van der Waals surface area contributed by atoms with Crippen LogP contribution in [0.3, 0.4) is 0 Å². The molecular weight excluding hydrogens is 231 g/mol. The Bertz CT molecular complexity index is 509. The van der Waals surface area contributed by atoms with Crippen LogP contribution >= 0.6 is 0 Å². The predicted octanol–water partition coefficient (Wildman–Crippen LogP) is 2.14. The molecule has 0 aliphatic rings. The van der Waals surface area contributed by atoms with Gasteiger partial charge in [0, 0.05) is 24.5 Å². The number of pyridine rings is 1. The molecule has 0 aromatic carbocycles. The van der Waals surface area contributed by atoms with Crippen LogP contribution in [0.5, 0.6) is 0 Å². The summed E-state index contributed by atoms with van der Waals surface area (Å²) in [6.45, 7) is 5.53. The van der Waals surface area contributed by atoms with E-state index >= 15 is 0 Å². The topological polar surface area (TPSA) is 42.7 Å². The number of nitrogens with zero attached hydrogens (tertiary/aromatic N) is 3. The fourth-order valence-corrected chi connectivity index (χ4v) is 2.05. The lowest BCUT2D eigenvalue weighted by molar-refractivity contribution is 0.513. The van der Waals surface area contributed by atoms with Crippen molar-refractivity contribution in [3.05, 3.63) is 47.8 Å². The van der Waals surface area contributed by atoms with Gasteiger partial charge in [0.15, 0.2) is 0 Å². The quantitative estimate of drug-likeness (QED) is 0.881. The summed E-state index contributed by atoms with van der Waals surface area (Å²) in [5, 5.41) is 7.52. The Morgan fingerprint density at radius 3 is 2.83 bits per heavy atom. The van der Waals surface area contributed by atoms with Gasteiger partial charge >= 0.3 is 0 Å². The maximum atomic E-state index is 13.9. The van der Waals surface area contributed by atoms with Crippen LogP contribution in [0.2, 0.25) is 0 Å². The molecule has 0 aliphatic carbocycles. The number of nitrogens with one attached hydrogen (secondary N) is 1. The lowest BCUT2D eigenvalue weighted by Gasteiger charge is -2.19. The molecule has 0 saturated heterocycles. The van der Waals surface area contributed by atoms with Crippen molar-refractivity contribution >= 4 is 0 Å². The molecule has 2 aromatic heterocycles. The normalized spacial score (nSPS) is 12.6.